The molecule has 1 heterocycles. The number of ether oxygens (including phenoxy) is 1. The van der Waals surface area contributed by atoms with Crippen molar-refractivity contribution in [2.75, 3.05) is 31.8 Å². The second-order valence-corrected chi connectivity index (χ2v) is 9.35. The number of methoxy groups -OCH3 is 1. The zero-order valence-electron chi connectivity index (χ0n) is 11.7. The van der Waals surface area contributed by atoms with E-state index in [4.69, 9.17) is 4.74 Å². The van der Waals surface area contributed by atoms with Crippen molar-refractivity contribution >= 4 is 19.7 Å². The van der Waals surface area contributed by atoms with Gasteiger partial charge in [-0.15, -0.1) is 0 Å². The predicted octanol–water partition coefficient (Wildman–Crippen LogP) is -0.138. The molecule has 0 amide bonds. The topological polar surface area (TPSA) is 89.5 Å². The van der Waals surface area contributed by atoms with E-state index >= 15 is 0 Å². The maximum absolute atomic E-state index is 12.6. The second kappa shape index (κ2) is 6.43. The highest BCUT2D eigenvalue weighted by Gasteiger charge is 2.45. The maximum Gasteiger partial charge on any atom is 0.183 e. The zero-order valence-corrected chi connectivity index (χ0v) is 13.4. The molecule has 0 radical (unpaired) electrons. The fourth-order valence-electron chi connectivity index (χ4n) is 2.44. The minimum absolute atomic E-state index is 0.158. The average molecular weight is 333 g/mol. The summed E-state index contributed by atoms with van der Waals surface area (Å²) in [4.78, 5) is 0.158. The van der Waals surface area contributed by atoms with Crippen molar-refractivity contribution in [1.82, 2.24) is 5.32 Å². The van der Waals surface area contributed by atoms with Gasteiger partial charge in [0.15, 0.2) is 19.7 Å². The van der Waals surface area contributed by atoms with Crippen molar-refractivity contribution in [3.05, 3.63) is 30.3 Å². The Morgan fingerprint density at radius 3 is 2.52 bits per heavy atom. The van der Waals surface area contributed by atoms with E-state index in [9.17, 15) is 16.8 Å². The van der Waals surface area contributed by atoms with E-state index in [2.05, 4.69) is 5.32 Å². The maximum atomic E-state index is 12.6. The molecule has 2 atom stereocenters. The molecule has 0 bridgehead atoms. The Kier molecular flexibility index (Phi) is 5.03. The summed E-state index contributed by atoms with van der Waals surface area (Å²) >= 11 is 0. The molecular formula is C13H19NO5S2. The molecule has 1 N–H and O–H groups in total. The van der Waals surface area contributed by atoms with Crippen LogP contribution in [0.4, 0.5) is 0 Å². The standard InChI is InChI=1S/C13H19NO5S2/c1-19-8-7-14-12-9-20(15,16)10-13(12)21(17,18)11-5-3-2-4-6-11/h2-6,12-14H,7-10H2,1H3/t12-,13-/m1/s1. The van der Waals surface area contributed by atoms with Gasteiger partial charge in [-0.3, -0.25) is 0 Å². The number of hydrogen-bond donors (Lipinski definition) is 1. The molecule has 6 nitrogen and oxygen atoms in total. The van der Waals surface area contributed by atoms with E-state index < -0.39 is 31.0 Å². The first kappa shape index (κ1) is 16.4. The SMILES string of the molecule is COCCN[C@@H]1CS(=O)(=O)C[C@H]1S(=O)(=O)c1ccccc1. The lowest BCUT2D eigenvalue weighted by Crippen LogP contribution is -2.44. The van der Waals surface area contributed by atoms with Gasteiger partial charge in [-0.25, -0.2) is 16.8 Å². The highest BCUT2D eigenvalue weighted by molar-refractivity contribution is 7.96. The Morgan fingerprint density at radius 2 is 1.90 bits per heavy atom. The zero-order chi connectivity index (χ0) is 15.5. The van der Waals surface area contributed by atoms with Crippen LogP contribution < -0.4 is 5.32 Å². The minimum Gasteiger partial charge on any atom is -0.383 e. The van der Waals surface area contributed by atoms with Crippen LogP contribution in [0.25, 0.3) is 0 Å². The minimum atomic E-state index is -3.68. The van der Waals surface area contributed by atoms with Crippen LogP contribution in [-0.2, 0) is 24.4 Å². The lowest BCUT2D eigenvalue weighted by atomic mass is 10.2. The summed E-state index contributed by atoms with van der Waals surface area (Å²) in [5.41, 5.74) is 0. The normalized spacial score (nSPS) is 25.0. The molecule has 118 valence electrons. The van der Waals surface area contributed by atoms with Crippen molar-refractivity contribution in [2.45, 2.75) is 16.2 Å². The molecule has 8 heteroatoms. The Labute approximate surface area is 125 Å². The highest BCUT2D eigenvalue weighted by atomic mass is 32.2. The Hall–Kier alpha value is -0.960. The molecule has 1 aliphatic heterocycles. The third-order valence-corrected chi connectivity index (χ3v) is 7.65. The Morgan fingerprint density at radius 1 is 1.24 bits per heavy atom. The summed E-state index contributed by atoms with van der Waals surface area (Å²) in [7, 11) is -5.50. The van der Waals surface area contributed by atoms with Gasteiger partial charge in [0, 0.05) is 19.7 Å². The first-order valence-corrected chi connectivity index (χ1v) is 9.95. The van der Waals surface area contributed by atoms with Crippen LogP contribution in [0.2, 0.25) is 0 Å². The van der Waals surface area contributed by atoms with Crippen LogP contribution in [0.1, 0.15) is 0 Å². The molecule has 0 spiro atoms. The lowest BCUT2D eigenvalue weighted by Gasteiger charge is -2.19. The molecule has 1 aliphatic rings. The fraction of sp³-hybridized carbons (Fsp3) is 0.538. The van der Waals surface area contributed by atoms with E-state index in [0.717, 1.165) is 0 Å². The van der Waals surface area contributed by atoms with Crippen LogP contribution in [0, 0.1) is 0 Å². The molecule has 0 aliphatic carbocycles. The number of sulfone groups is 2. The van der Waals surface area contributed by atoms with Gasteiger partial charge < -0.3 is 10.1 Å². The van der Waals surface area contributed by atoms with E-state index in [0.29, 0.717) is 13.2 Å². The van der Waals surface area contributed by atoms with Crippen LogP contribution in [0.5, 0.6) is 0 Å². The van der Waals surface area contributed by atoms with Gasteiger partial charge in [0.05, 0.1) is 28.3 Å². The van der Waals surface area contributed by atoms with Gasteiger partial charge in [0.1, 0.15) is 0 Å². The van der Waals surface area contributed by atoms with Crippen molar-refractivity contribution in [3.63, 3.8) is 0 Å². The van der Waals surface area contributed by atoms with Crippen LogP contribution in [0.3, 0.4) is 0 Å². The van der Waals surface area contributed by atoms with E-state index in [1.54, 1.807) is 18.2 Å². The summed E-state index contributed by atoms with van der Waals surface area (Å²) in [5, 5.41) is 2.02. The molecule has 2 rings (SSSR count). The van der Waals surface area contributed by atoms with Crippen molar-refractivity contribution in [3.8, 4) is 0 Å². The second-order valence-electron chi connectivity index (χ2n) is 5.03. The molecule has 21 heavy (non-hydrogen) atoms. The van der Waals surface area contributed by atoms with E-state index in [-0.39, 0.29) is 16.4 Å². The highest BCUT2D eigenvalue weighted by Crippen LogP contribution is 2.25. The van der Waals surface area contributed by atoms with Crippen LogP contribution >= 0.6 is 0 Å². The first-order valence-electron chi connectivity index (χ1n) is 6.58. The Balaban J connectivity index is 2.26. The average Bonchev–Trinajstić information content (AvgIpc) is 2.76. The number of hydrogen-bond acceptors (Lipinski definition) is 6. The smallest absolute Gasteiger partial charge is 0.183 e. The van der Waals surface area contributed by atoms with Crippen LogP contribution in [0.15, 0.2) is 35.2 Å². The van der Waals surface area contributed by atoms with E-state index in [1.165, 1.54) is 19.2 Å². The van der Waals surface area contributed by atoms with Gasteiger partial charge in [-0.2, -0.15) is 0 Å². The number of benzene rings is 1. The summed E-state index contributed by atoms with van der Waals surface area (Å²) in [5.74, 6) is -0.498. The third-order valence-electron chi connectivity index (χ3n) is 3.48. The molecule has 0 unspecified atom stereocenters. The van der Waals surface area contributed by atoms with Gasteiger partial charge in [0.2, 0.25) is 0 Å². The van der Waals surface area contributed by atoms with Crippen molar-refractivity contribution in [1.29, 1.82) is 0 Å². The number of rotatable bonds is 6. The third kappa shape index (κ3) is 3.82. The monoisotopic (exact) mass is 333 g/mol. The van der Waals surface area contributed by atoms with Gasteiger partial charge in [-0.05, 0) is 12.1 Å². The van der Waals surface area contributed by atoms with Crippen molar-refractivity contribution < 1.29 is 21.6 Å². The van der Waals surface area contributed by atoms with Crippen molar-refractivity contribution in [2.24, 2.45) is 0 Å². The molecule has 1 aromatic carbocycles. The number of nitrogens with one attached hydrogen (secondary N) is 1. The molecule has 1 saturated heterocycles. The molecule has 0 saturated carbocycles. The largest absolute Gasteiger partial charge is 0.383 e. The van der Waals surface area contributed by atoms with Gasteiger partial charge in [-0.1, -0.05) is 18.2 Å². The summed E-state index contributed by atoms with van der Waals surface area (Å²) in [6.45, 7) is 0.812. The van der Waals surface area contributed by atoms with Crippen LogP contribution in [-0.4, -0.2) is 59.9 Å². The van der Waals surface area contributed by atoms with E-state index in [1.807, 2.05) is 0 Å². The first-order chi connectivity index (χ1) is 9.87. The predicted molar refractivity (Wildman–Crippen MR) is 79.7 cm³/mol. The summed E-state index contributed by atoms with van der Waals surface area (Å²) in [6.07, 6.45) is 0. The molecular weight excluding hydrogens is 314 g/mol. The fourth-order valence-corrected chi connectivity index (χ4v) is 7.18. The summed E-state index contributed by atoms with van der Waals surface area (Å²) < 4.78 is 53.8. The molecule has 1 fully saturated rings. The Bertz CT molecular complexity index is 670. The van der Waals surface area contributed by atoms with Gasteiger partial charge in [0.25, 0.3) is 0 Å². The quantitative estimate of drug-likeness (QED) is 0.729. The summed E-state index contributed by atoms with van der Waals surface area (Å²) in [6, 6.07) is 7.36. The lowest BCUT2D eigenvalue weighted by molar-refractivity contribution is 0.196. The molecule has 1 aromatic rings. The molecule has 0 aromatic heterocycles. The van der Waals surface area contributed by atoms with Gasteiger partial charge >= 0.3 is 0 Å².